The highest BCUT2D eigenvalue weighted by Gasteiger charge is 2.28. The van der Waals surface area contributed by atoms with Crippen molar-refractivity contribution in [1.82, 2.24) is 5.32 Å². The molecule has 0 bridgehead atoms. The van der Waals surface area contributed by atoms with E-state index in [2.05, 4.69) is 19.2 Å². The average molecular weight is 213 g/mol. The van der Waals surface area contributed by atoms with Crippen LogP contribution in [0.5, 0.6) is 0 Å². The Balaban J connectivity index is 1.88. The fraction of sp³-hybridized carbons (Fsp3) is 1.00. The van der Waals surface area contributed by atoms with Gasteiger partial charge in [-0.2, -0.15) is 0 Å². The van der Waals surface area contributed by atoms with E-state index in [1.54, 1.807) is 0 Å². The van der Waals surface area contributed by atoms with E-state index in [0.717, 1.165) is 19.7 Å². The maximum Gasteiger partial charge on any atom is 0.0779 e. The summed E-state index contributed by atoms with van der Waals surface area (Å²) in [5.41, 5.74) is 0.128. The molecule has 0 aromatic rings. The lowest BCUT2D eigenvalue weighted by Crippen LogP contribution is -2.37. The fourth-order valence-electron chi connectivity index (χ4n) is 2.18. The Labute approximate surface area is 94.8 Å². The van der Waals surface area contributed by atoms with Crippen molar-refractivity contribution in [2.75, 3.05) is 19.7 Å². The Bertz CT molecular complexity index is 153. The molecule has 1 fully saturated rings. The normalized spacial score (nSPS) is 26.0. The number of ether oxygens (including phenoxy) is 1. The molecule has 2 nitrogen and oxygen atoms in total. The molecule has 0 radical (unpaired) electrons. The van der Waals surface area contributed by atoms with Gasteiger partial charge < -0.3 is 10.1 Å². The SMILES string of the molecule is CCCCCCCNCC1(C)CCCO1. The van der Waals surface area contributed by atoms with Crippen LogP contribution in [0.15, 0.2) is 0 Å². The molecule has 1 unspecified atom stereocenters. The zero-order chi connectivity index (χ0) is 11.0. The summed E-state index contributed by atoms with van der Waals surface area (Å²) < 4.78 is 5.72. The van der Waals surface area contributed by atoms with Crippen LogP contribution >= 0.6 is 0 Å². The summed E-state index contributed by atoms with van der Waals surface area (Å²) in [6.45, 7) is 7.62. The third-order valence-corrected chi connectivity index (χ3v) is 3.26. The number of unbranched alkanes of at least 4 members (excludes halogenated alkanes) is 4. The van der Waals surface area contributed by atoms with Gasteiger partial charge in [0, 0.05) is 13.2 Å². The largest absolute Gasteiger partial charge is 0.374 e. The Morgan fingerprint density at radius 3 is 2.67 bits per heavy atom. The van der Waals surface area contributed by atoms with Gasteiger partial charge in [0.2, 0.25) is 0 Å². The lowest BCUT2D eigenvalue weighted by molar-refractivity contribution is 0.0210. The molecular weight excluding hydrogens is 186 g/mol. The van der Waals surface area contributed by atoms with Gasteiger partial charge >= 0.3 is 0 Å². The molecule has 1 atom stereocenters. The van der Waals surface area contributed by atoms with Gasteiger partial charge in [0.25, 0.3) is 0 Å². The standard InChI is InChI=1S/C13H27NO/c1-3-4-5-6-7-10-14-12-13(2)9-8-11-15-13/h14H,3-12H2,1-2H3. The lowest BCUT2D eigenvalue weighted by atomic mass is 10.0. The van der Waals surface area contributed by atoms with E-state index < -0.39 is 0 Å². The minimum Gasteiger partial charge on any atom is -0.374 e. The van der Waals surface area contributed by atoms with E-state index in [4.69, 9.17) is 4.74 Å². The molecule has 1 heterocycles. The molecule has 0 aromatic carbocycles. The van der Waals surface area contributed by atoms with Gasteiger partial charge in [-0.1, -0.05) is 32.6 Å². The Hall–Kier alpha value is -0.0800. The van der Waals surface area contributed by atoms with Gasteiger partial charge in [-0.3, -0.25) is 0 Å². The van der Waals surface area contributed by atoms with Crippen LogP contribution in [0.25, 0.3) is 0 Å². The van der Waals surface area contributed by atoms with Crippen molar-refractivity contribution in [3.8, 4) is 0 Å². The van der Waals surface area contributed by atoms with Gasteiger partial charge in [-0.25, -0.2) is 0 Å². The Morgan fingerprint density at radius 1 is 1.20 bits per heavy atom. The summed E-state index contributed by atoms with van der Waals surface area (Å²) >= 11 is 0. The van der Waals surface area contributed by atoms with Crippen LogP contribution in [0.4, 0.5) is 0 Å². The van der Waals surface area contributed by atoms with Crippen LogP contribution in [0.2, 0.25) is 0 Å². The second-order valence-corrected chi connectivity index (χ2v) is 4.99. The average Bonchev–Trinajstić information content (AvgIpc) is 2.64. The Kier molecular flexibility index (Phi) is 6.26. The summed E-state index contributed by atoms with van der Waals surface area (Å²) in [6.07, 6.45) is 9.26. The summed E-state index contributed by atoms with van der Waals surface area (Å²) in [6, 6.07) is 0. The molecule has 1 aliphatic heterocycles. The molecule has 0 amide bonds. The van der Waals surface area contributed by atoms with Crippen molar-refractivity contribution in [1.29, 1.82) is 0 Å². The van der Waals surface area contributed by atoms with E-state index in [9.17, 15) is 0 Å². The number of hydrogen-bond acceptors (Lipinski definition) is 2. The third-order valence-electron chi connectivity index (χ3n) is 3.26. The molecule has 1 rings (SSSR count). The maximum absolute atomic E-state index is 5.72. The molecule has 1 aliphatic rings. The first-order chi connectivity index (χ1) is 7.27. The summed E-state index contributed by atoms with van der Waals surface area (Å²) in [4.78, 5) is 0. The Morgan fingerprint density at radius 2 is 2.00 bits per heavy atom. The molecule has 0 spiro atoms. The molecular formula is C13H27NO. The first kappa shape index (κ1) is 13.0. The first-order valence-corrected chi connectivity index (χ1v) is 6.61. The second kappa shape index (κ2) is 7.24. The van der Waals surface area contributed by atoms with E-state index in [0.29, 0.717) is 0 Å². The maximum atomic E-state index is 5.72. The number of nitrogens with one attached hydrogen (secondary N) is 1. The van der Waals surface area contributed by atoms with E-state index >= 15 is 0 Å². The zero-order valence-corrected chi connectivity index (χ0v) is 10.5. The number of hydrogen-bond donors (Lipinski definition) is 1. The van der Waals surface area contributed by atoms with Crippen LogP contribution in [0.3, 0.4) is 0 Å². The lowest BCUT2D eigenvalue weighted by Gasteiger charge is -2.23. The van der Waals surface area contributed by atoms with Gasteiger partial charge in [0.1, 0.15) is 0 Å². The predicted octanol–water partition coefficient (Wildman–Crippen LogP) is 3.12. The highest BCUT2D eigenvalue weighted by Crippen LogP contribution is 2.23. The quantitative estimate of drug-likeness (QED) is 0.626. The molecule has 0 aliphatic carbocycles. The van der Waals surface area contributed by atoms with Crippen molar-refractivity contribution in [3.05, 3.63) is 0 Å². The summed E-state index contributed by atoms with van der Waals surface area (Å²) in [5, 5.41) is 3.52. The molecule has 90 valence electrons. The highest BCUT2D eigenvalue weighted by molar-refractivity contribution is 4.82. The molecule has 15 heavy (non-hydrogen) atoms. The number of rotatable bonds is 8. The minimum absolute atomic E-state index is 0.128. The predicted molar refractivity (Wildman–Crippen MR) is 65.2 cm³/mol. The highest BCUT2D eigenvalue weighted by atomic mass is 16.5. The van der Waals surface area contributed by atoms with E-state index in [-0.39, 0.29) is 5.60 Å². The van der Waals surface area contributed by atoms with Crippen LogP contribution < -0.4 is 5.32 Å². The van der Waals surface area contributed by atoms with Crippen molar-refractivity contribution in [2.45, 2.75) is 64.4 Å². The topological polar surface area (TPSA) is 21.3 Å². The molecule has 1 saturated heterocycles. The van der Waals surface area contributed by atoms with Crippen LogP contribution in [0, 0.1) is 0 Å². The molecule has 1 N–H and O–H groups in total. The summed E-state index contributed by atoms with van der Waals surface area (Å²) in [5.74, 6) is 0. The second-order valence-electron chi connectivity index (χ2n) is 4.99. The van der Waals surface area contributed by atoms with Gasteiger partial charge in [0.05, 0.1) is 5.60 Å². The summed E-state index contributed by atoms with van der Waals surface area (Å²) in [7, 11) is 0. The zero-order valence-electron chi connectivity index (χ0n) is 10.5. The third kappa shape index (κ3) is 5.53. The van der Waals surface area contributed by atoms with Crippen molar-refractivity contribution in [2.24, 2.45) is 0 Å². The van der Waals surface area contributed by atoms with Crippen LogP contribution in [-0.2, 0) is 4.74 Å². The minimum atomic E-state index is 0.128. The van der Waals surface area contributed by atoms with Crippen molar-refractivity contribution < 1.29 is 4.74 Å². The first-order valence-electron chi connectivity index (χ1n) is 6.61. The van der Waals surface area contributed by atoms with Crippen LogP contribution in [-0.4, -0.2) is 25.3 Å². The van der Waals surface area contributed by atoms with E-state index in [1.165, 1.54) is 44.9 Å². The van der Waals surface area contributed by atoms with Gasteiger partial charge in [-0.05, 0) is 32.7 Å². The van der Waals surface area contributed by atoms with Crippen LogP contribution in [0.1, 0.15) is 58.8 Å². The van der Waals surface area contributed by atoms with Gasteiger partial charge in [-0.15, -0.1) is 0 Å². The monoisotopic (exact) mass is 213 g/mol. The van der Waals surface area contributed by atoms with E-state index in [1.807, 2.05) is 0 Å². The van der Waals surface area contributed by atoms with Gasteiger partial charge in [0.15, 0.2) is 0 Å². The smallest absolute Gasteiger partial charge is 0.0779 e. The molecule has 2 heteroatoms. The molecule has 0 aromatic heterocycles. The fourth-order valence-corrected chi connectivity index (χ4v) is 2.18. The molecule has 0 saturated carbocycles. The van der Waals surface area contributed by atoms with Crippen molar-refractivity contribution in [3.63, 3.8) is 0 Å². The van der Waals surface area contributed by atoms with Crippen molar-refractivity contribution >= 4 is 0 Å².